The van der Waals surface area contributed by atoms with Gasteiger partial charge in [-0.2, -0.15) is 0 Å². The van der Waals surface area contributed by atoms with Crippen LogP contribution in [0.15, 0.2) is 24.3 Å². The van der Waals surface area contributed by atoms with E-state index in [1.54, 1.807) is 4.90 Å². The summed E-state index contributed by atoms with van der Waals surface area (Å²) in [5.41, 5.74) is 2.07. The summed E-state index contributed by atoms with van der Waals surface area (Å²) in [4.78, 5) is 15.7. The van der Waals surface area contributed by atoms with Crippen molar-refractivity contribution in [1.29, 1.82) is 0 Å². The van der Waals surface area contributed by atoms with Gasteiger partial charge in [0.2, 0.25) is 0 Å². The molecule has 2 aliphatic rings. The fourth-order valence-electron chi connectivity index (χ4n) is 2.64. The predicted molar refractivity (Wildman–Crippen MR) is 73.4 cm³/mol. The summed E-state index contributed by atoms with van der Waals surface area (Å²) >= 11 is 0. The van der Waals surface area contributed by atoms with E-state index in [0.717, 1.165) is 37.4 Å². The molecule has 1 aromatic carbocycles. The average Bonchev–Trinajstić information content (AvgIpc) is 2.80. The van der Waals surface area contributed by atoms with Crippen LogP contribution in [-0.2, 0) is 4.74 Å². The van der Waals surface area contributed by atoms with E-state index >= 15 is 0 Å². The zero-order valence-corrected chi connectivity index (χ0v) is 11.1. The highest BCUT2D eigenvalue weighted by Gasteiger charge is 2.30. The Kier molecular flexibility index (Phi) is 3.40. The molecule has 2 heterocycles. The summed E-state index contributed by atoms with van der Waals surface area (Å²) in [6, 6.07) is 8.10. The zero-order chi connectivity index (χ0) is 13.2. The van der Waals surface area contributed by atoms with Crippen LogP contribution in [0.25, 0.3) is 0 Å². The highest BCUT2D eigenvalue weighted by atomic mass is 16.5. The van der Waals surface area contributed by atoms with Crippen molar-refractivity contribution in [1.82, 2.24) is 10.2 Å². The maximum absolute atomic E-state index is 12.1. The van der Waals surface area contributed by atoms with Crippen LogP contribution in [0.3, 0.4) is 0 Å². The van der Waals surface area contributed by atoms with E-state index in [2.05, 4.69) is 11.4 Å². The van der Waals surface area contributed by atoms with Gasteiger partial charge in [0.05, 0.1) is 18.4 Å². The minimum atomic E-state index is 0.0312. The molecule has 0 aromatic heterocycles. The third kappa shape index (κ3) is 2.31. The first-order valence-corrected chi connectivity index (χ1v) is 6.71. The van der Waals surface area contributed by atoms with E-state index in [0.29, 0.717) is 6.61 Å². The van der Waals surface area contributed by atoms with Gasteiger partial charge >= 0.3 is 6.03 Å². The molecule has 0 saturated carbocycles. The summed E-state index contributed by atoms with van der Waals surface area (Å²) in [5.74, 6) is 0. The number of morpholine rings is 1. The zero-order valence-electron chi connectivity index (χ0n) is 11.1. The van der Waals surface area contributed by atoms with Crippen molar-refractivity contribution in [2.24, 2.45) is 0 Å². The van der Waals surface area contributed by atoms with Crippen LogP contribution in [0.1, 0.15) is 11.7 Å². The Morgan fingerprint density at radius 1 is 1.32 bits per heavy atom. The molecule has 1 unspecified atom stereocenters. The minimum Gasteiger partial charge on any atom is -0.371 e. The summed E-state index contributed by atoms with van der Waals surface area (Å²) in [6.45, 7) is 3.93. The lowest BCUT2D eigenvalue weighted by atomic mass is 10.1. The summed E-state index contributed by atoms with van der Waals surface area (Å²) in [6.07, 6.45) is 0.0312. The molecular formula is C14H19N3O2. The molecule has 19 heavy (non-hydrogen) atoms. The molecule has 5 heteroatoms. The fraction of sp³-hybridized carbons (Fsp3) is 0.500. The number of carbonyl (C=O) groups is 1. The second-order valence-corrected chi connectivity index (χ2v) is 4.98. The summed E-state index contributed by atoms with van der Waals surface area (Å²) < 4.78 is 5.81. The number of hydrogen-bond donors (Lipinski definition) is 1. The van der Waals surface area contributed by atoms with Crippen molar-refractivity contribution >= 4 is 11.7 Å². The molecule has 102 valence electrons. The second kappa shape index (κ2) is 5.19. The molecule has 5 nitrogen and oxygen atoms in total. The third-order valence-electron chi connectivity index (χ3n) is 3.72. The van der Waals surface area contributed by atoms with Crippen molar-refractivity contribution < 1.29 is 9.53 Å². The van der Waals surface area contributed by atoms with Crippen LogP contribution in [0.4, 0.5) is 10.5 Å². The van der Waals surface area contributed by atoms with Crippen molar-refractivity contribution in [3.63, 3.8) is 0 Å². The molecule has 0 aliphatic carbocycles. The van der Waals surface area contributed by atoms with Crippen molar-refractivity contribution in [2.45, 2.75) is 6.10 Å². The van der Waals surface area contributed by atoms with Gasteiger partial charge in [-0.1, -0.05) is 18.2 Å². The molecule has 0 spiro atoms. The number of benzene rings is 1. The Morgan fingerprint density at radius 3 is 2.84 bits per heavy atom. The highest BCUT2D eigenvalue weighted by Crippen LogP contribution is 2.31. The SMILES string of the molecule is CN1CCN(c2ccccc2C2CNCCO2)C1=O. The number of urea groups is 1. The van der Waals surface area contributed by atoms with E-state index in [4.69, 9.17) is 4.74 Å². The normalized spacial score (nSPS) is 24.1. The van der Waals surface area contributed by atoms with Crippen LogP contribution in [0.5, 0.6) is 0 Å². The summed E-state index contributed by atoms with van der Waals surface area (Å²) in [7, 11) is 1.84. The van der Waals surface area contributed by atoms with E-state index in [-0.39, 0.29) is 12.1 Å². The molecular weight excluding hydrogens is 242 g/mol. The first kappa shape index (κ1) is 12.4. The Labute approximate surface area is 113 Å². The number of hydrogen-bond acceptors (Lipinski definition) is 3. The van der Waals surface area contributed by atoms with Gasteiger partial charge in [-0.15, -0.1) is 0 Å². The maximum atomic E-state index is 12.1. The quantitative estimate of drug-likeness (QED) is 0.870. The third-order valence-corrected chi connectivity index (χ3v) is 3.72. The number of likely N-dealkylation sites (N-methyl/N-ethyl adjacent to an activating group) is 1. The molecule has 2 amide bonds. The molecule has 0 radical (unpaired) electrons. The van der Waals surface area contributed by atoms with Crippen LogP contribution in [0.2, 0.25) is 0 Å². The van der Waals surface area contributed by atoms with Crippen molar-refractivity contribution in [3.05, 3.63) is 29.8 Å². The van der Waals surface area contributed by atoms with Crippen molar-refractivity contribution in [2.75, 3.05) is 44.7 Å². The number of para-hydroxylation sites is 1. The molecule has 1 N–H and O–H groups in total. The molecule has 1 aromatic rings. The Balaban J connectivity index is 1.91. The van der Waals surface area contributed by atoms with Crippen LogP contribution in [0, 0.1) is 0 Å². The van der Waals surface area contributed by atoms with Gasteiger partial charge in [-0.05, 0) is 6.07 Å². The Bertz CT molecular complexity index is 472. The minimum absolute atomic E-state index is 0.0312. The number of carbonyl (C=O) groups excluding carboxylic acids is 1. The Morgan fingerprint density at radius 2 is 2.16 bits per heavy atom. The lowest BCUT2D eigenvalue weighted by molar-refractivity contribution is 0.0280. The second-order valence-electron chi connectivity index (χ2n) is 4.98. The topological polar surface area (TPSA) is 44.8 Å². The molecule has 2 aliphatic heterocycles. The van der Waals surface area contributed by atoms with Crippen LogP contribution in [-0.4, -0.2) is 50.8 Å². The first-order chi connectivity index (χ1) is 9.27. The standard InChI is InChI=1S/C14H19N3O2/c1-16-7-8-17(14(16)18)12-5-3-2-4-11(12)13-10-15-6-9-19-13/h2-5,13,15H,6-10H2,1H3. The van der Waals surface area contributed by atoms with E-state index < -0.39 is 0 Å². The van der Waals surface area contributed by atoms with Gasteiger partial charge in [0, 0.05) is 38.8 Å². The monoisotopic (exact) mass is 261 g/mol. The molecule has 3 rings (SSSR count). The number of anilines is 1. The lowest BCUT2D eigenvalue weighted by Gasteiger charge is -2.28. The Hall–Kier alpha value is -1.59. The number of rotatable bonds is 2. The van der Waals surface area contributed by atoms with Crippen molar-refractivity contribution in [3.8, 4) is 0 Å². The van der Waals surface area contributed by atoms with Crippen LogP contribution >= 0.6 is 0 Å². The van der Waals surface area contributed by atoms with Gasteiger partial charge in [0.25, 0.3) is 0 Å². The first-order valence-electron chi connectivity index (χ1n) is 6.71. The van der Waals surface area contributed by atoms with Gasteiger partial charge in [-0.3, -0.25) is 4.90 Å². The molecule has 2 fully saturated rings. The number of ether oxygens (including phenoxy) is 1. The summed E-state index contributed by atoms with van der Waals surface area (Å²) in [5, 5.41) is 3.33. The van der Waals surface area contributed by atoms with Gasteiger partial charge in [0.1, 0.15) is 0 Å². The lowest BCUT2D eigenvalue weighted by Crippen LogP contribution is -2.35. The van der Waals surface area contributed by atoms with Gasteiger partial charge < -0.3 is 15.0 Å². The molecule has 2 saturated heterocycles. The molecule has 0 bridgehead atoms. The number of amides is 2. The maximum Gasteiger partial charge on any atom is 0.324 e. The fourth-order valence-corrected chi connectivity index (χ4v) is 2.64. The predicted octanol–water partition coefficient (Wildman–Crippen LogP) is 1.22. The van der Waals surface area contributed by atoms with E-state index in [1.165, 1.54) is 0 Å². The smallest absolute Gasteiger partial charge is 0.324 e. The highest BCUT2D eigenvalue weighted by molar-refractivity contribution is 5.94. The van der Waals surface area contributed by atoms with E-state index in [1.807, 2.05) is 30.1 Å². The average molecular weight is 261 g/mol. The van der Waals surface area contributed by atoms with Gasteiger partial charge in [-0.25, -0.2) is 4.79 Å². The van der Waals surface area contributed by atoms with Gasteiger partial charge in [0.15, 0.2) is 0 Å². The largest absolute Gasteiger partial charge is 0.371 e. The number of nitrogens with zero attached hydrogens (tertiary/aromatic N) is 2. The van der Waals surface area contributed by atoms with E-state index in [9.17, 15) is 4.79 Å². The van der Waals surface area contributed by atoms with Crippen LogP contribution < -0.4 is 10.2 Å². The number of nitrogens with one attached hydrogen (secondary N) is 1. The molecule has 1 atom stereocenters.